The lowest BCUT2D eigenvalue weighted by atomic mass is 9.98. The number of halogens is 1. The van der Waals surface area contributed by atoms with E-state index in [0.717, 1.165) is 20.7 Å². The van der Waals surface area contributed by atoms with Crippen LogP contribution in [0.3, 0.4) is 0 Å². The number of benzene rings is 1. The Labute approximate surface area is 176 Å². The number of thioether (sulfide) groups is 1. The summed E-state index contributed by atoms with van der Waals surface area (Å²) in [5.41, 5.74) is 6.00. The van der Waals surface area contributed by atoms with Gasteiger partial charge in [0, 0.05) is 32.4 Å². The third-order valence-corrected chi connectivity index (χ3v) is 7.69. The molecular weight excluding hydrogens is 414 g/mol. The number of thiophene rings is 2. The molecule has 0 amide bonds. The molecule has 0 bridgehead atoms. The Kier molecular flexibility index (Phi) is 5.46. The number of phenols is 1. The summed E-state index contributed by atoms with van der Waals surface area (Å²) in [6, 6.07) is 11.5. The van der Waals surface area contributed by atoms with Gasteiger partial charge < -0.3 is 5.11 Å². The minimum atomic E-state index is 0.198. The third-order valence-electron chi connectivity index (χ3n) is 4.54. The van der Waals surface area contributed by atoms with E-state index in [-0.39, 0.29) is 5.75 Å². The van der Waals surface area contributed by atoms with Crippen LogP contribution < -0.4 is 0 Å². The summed E-state index contributed by atoms with van der Waals surface area (Å²) >= 11 is 11.6. The minimum absolute atomic E-state index is 0.198. The monoisotopic (exact) mass is 431 g/mol. The van der Waals surface area contributed by atoms with Crippen molar-refractivity contribution in [1.29, 1.82) is 0 Å². The van der Waals surface area contributed by atoms with Gasteiger partial charge in [-0.1, -0.05) is 23.7 Å². The van der Waals surface area contributed by atoms with Crippen LogP contribution >= 0.6 is 46.0 Å². The maximum Gasteiger partial charge on any atom is 0.141 e. The van der Waals surface area contributed by atoms with Gasteiger partial charge in [0.1, 0.15) is 11.4 Å². The van der Waals surface area contributed by atoms with E-state index in [4.69, 9.17) is 11.6 Å². The number of para-hydroxylation sites is 2. The molecule has 0 saturated heterocycles. The first-order chi connectivity index (χ1) is 13.0. The van der Waals surface area contributed by atoms with Crippen molar-refractivity contribution >= 4 is 69.1 Å². The topological polar surface area (TPSA) is 32.6 Å². The summed E-state index contributed by atoms with van der Waals surface area (Å²) in [5.74, 6) is 2.25. The molecule has 3 heterocycles. The standard InChI is InChI=1S/C21H18ClNOS3/c1-12-15(7-14(26-12)9-23-19-5-3-4-6-20(19)24)17-10-25-11-18(17)16-8-21(22)27-13(16)2/h3-9,24H,10-11H2,1-2H3. The van der Waals surface area contributed by atoms with Crippen molar-refractivity contribution < 1.29 is 5.11 Å². The van der Waals surface area contributed by atoms with Crippen molar-refractivity contribution in [3.05, 3.63) is 66.5 Å². The Hall–Kier alpha value is -1.53. The number of phenolic OH excluding ortho intramolecular Hbond substituents is 1. The lowest BCUT2D eigenvalue weighted by Crippen LogP contribution is -1.90. The van der Waals surface area contributed by atoms with Gasteiger partial charge in [-0.3, -0.25) is 4.99 Å². The molecule has 2 aromatic heterocycles. The van der Waals surface area contributed by atoms with Gasteiger partial charge in [-0.05, 0) is 60.4 Å². The van der Waals surface area contributed by atoms with Gasteiger partial charge in [0.2, 0.25) is 0 Å². The van der Waals surface area contributed by atoms with Crippen LogP contribution in [0.4, 0.5) is 5.69 Å². The van der Waals surface area contributed by atoms with Crippen molar-refractivity contribution in [3.63, 3.8) is 0 Å². The molecule has 4 rings (SSSR count). The first kappa shape index (κ1) is 18.8. The first-order valence-electron chi connectivity index (χ1n) is 8.52. The van der Waals surface area contributed by atoms with Crippen molar-refractivity contribution in [2.24, 2.45) is 4.99 Å². The zero-order valence-electron chi connectivity index (χ0n) is 15.0. The van der Waals surface area contributed by atoms with Gasteiger partial charge in [0.05, 0.1) is 4.34 Å². The molecule has 27 heavy (non-hydrogen) atoms. The van der Waals surface area contributed by atoms with Gasteiger partial charge in [-0.2, -0.15) is 11.8 Å². The van der Waals surface area contributed by atoms with Crippen LogP contribution in [0.15, 0.2) is 41.4 Å². The summed E-state index contributed by atoms with van der Waals surface area (Å²) in [4.78, 5) is 8.12. The smallest absolute Gasteiger partial charge is 0.141 e. The van der Waals surface area contributed by atoms with Gasteiger partial charge >= 0.3 is 0 Å². The van der Waals surface area contributed by atoms with Crippen molar-refractivity contribution in [2.45, 2.75) is 13.8 Å². The fourth-order valence-corrected chi connectivity index (χ4v) is 6.55. The molecule has 1 N–H and O–H groups in total. The lowest BCUT2D eigenvalue weighted by molar-refractivity contribution is 0.477. The van der Waals surface area contributed by atoms with Crippen LogP contribution in [0.2, 0.25) is 4.34 Å². The maximum absolute atomic E-state index is 9.88. The van der Waals surface area contributed by atoms with Crippen LogP contribution in [0.25, 0.3) is 11.1 Å². The molecule has 1 aromatic carbocycles. The number of nitrogens with zero attached hydrogens (tertiary/aromatic N) is 1. The van der Waals surface area contributed by atoms with E-state index < -0.39 is 0 Å². The SMILES string of the molecule is Cc1sc(Cl)cc1C1=C(c2cc(C=Nc3ccccc3O)sc2C)CSC1. The minimum Gasteiger partial charge on any atom is -0.506 e. The summed E-state index contributed by atoms with van der Waals surface area (Å²) in [6.45, 7) is 4.31. The molecule has 138 valence electrons. The molecule has 2 nitrogen and oxygen atoms in total. The van der Waals surface area contributed by atoms with Crippen LogP contribution in [-0.2, 0) is 0 Å². The molecular formula is C21H18ClNOS3. The number of aromatic hydroxyl groups is 1. The Bertz CT molecular complexity index is 1060. The summed E-state index contributed by atoms with van der Waals surface area (Å²) in [5, 5.41) is 9.88. The number of aliphatic imine (C=N–C) groups is 1. The average molecular weight is 432 g/mol. The van der Waals surface area contributed by atoms with Crippen LogP contribution in [0.1, 0.15) is 25.8 Å². The van der Waals surface area contributed by atoms with Crippen LogP contribution in [0, 0.1) is 13.8 Å². The van der Waals surface area contributed by atoms with Crippen molar-refractivity contribution in [3.8, 4) is 5.75 Å². The highest BCUT2D eigenvalue weighted by atomic mass is 35.5. The van der Waals surface area contributed by atoms with E-state index in [2.05, 4.69) is 31.0 Å². The summed E-state index contributed by atoms with van der Waals surface area (Å²) in [7, 11) is 0. The van der Waals surface area contributed by atoms with Crippen LogP contribution in [-0.4, -0.2) is 22.8 Å². The molecule has 1 aliphatic rings. The first-order valence-corrected chi connectivity index (χ1v) is 11.7. The highest BCUT2D eigenvalue weighted by Gasteiger charge is 2.23. The number of hydrogen-bond donors (Lipinski definition) is 1. The van der Waals surface area contributed by atoms with E-state index in [1.807, 2.05) is 30.1 Å². The van der Waals surface area contributed by atoms with E-state index >= 15 is 0 Å². The molecule has 6 heteroatoms. The average Bonchev–Trinajstić information content (AvgIpc) is 3.32. The Morgan fingerprint density at radius 2 is 1.67 bits per heavy atom. The molecule has 3 aromatic rings. The molecule has 0 spiro atoms. The van der Waals surface area contributed by atoms with Crippen molar-refractivity contribution in [2.75, 3.05) is 11.5 Å². The molecule has 0 atom stereocenters. The largest absolute Gasteiger partial charge is 0.506 e. The van der Waals surface area contributed by atoms with E-state index in [0.29, 0.717) is 5.69 Å². The molecule has 0 radical (unpaired) electrons. The highest BCUT2D eigenvalue weighted by molar-refractivity contribution is 8.00. The second kappa shape index (κ2) is 7.84. The third kappa shape index (κ3) is 3.87. The maximum atomic E-state index is 9.88. The number of hydrogen-bond acceptors (Lipinski definition) is 5. The Balaban J connectivity index is 1.70. The van der Waals surface area contributed by atoms with Gasteiger partial charge in [0.25, 0.3) is 0 Å². The summed E-state index contributed by atoms with van der Waals surface area (Å²) < 4.78 is 0.851. The fraction of sp³-hybridized carbons (Fsp3) is 0.190. The molecule has 0 fully saturated rings. The van der Waals surface area contributed by atoms with E-state index in [1.165, 1.54) is 32.0 Å². The highest BCUT2D eigenvalue weighted by Crippen LogP contribution is 2.44. The predicted molar refractivity (Wildman–Crippen MR) is 123 cm³/mol. The molecule has 0 unspecified atom stereocenters. The van der Waals surface area contributed by atoms with Crippen LogP contribution in [0.5, 0.6) is 5.75 Å². The fourth-order valence-electron chi connectivity index (χ4n) is 3.23. The van der Waals surface area contributed by atoms with E-state index in [1.54, 1.807) is 34.8 Å². The number of aryl methyl sites for hydroxylation is 2. The number of rotatable bonds is 4. The summed E-state index contributed by atoms with van der Waals surface area (Å²) in [6.07, 6.45) is 1.84. The zero-order chi connectivity index (χ0) is 19.0. The molecule has 0 aliphatic carbocycles. The predicted octanol–water partition coefficient (Wildman–Crippen LogP) is 7.19. The lowest BCUT2D eigenvalue weighted by Gasteiger charge is -2.06. The zero-order valence-corrected chi connectivity index (χ0v) is 18.2. The van der Waals surface area contributed by atoms with Gasteiger partial charge in [0.15, 0.2) is 0 Å². The van der Waals surface area contributed by atoms with Crippen molar-refractivity contribution in [1.82, 2.24) is 0 Å². The molecule has 1 aliphatic heterocycles. The second-order valence-corrected chi connectivity index (χ2v) is 10.5. The second-order valence-electron chi connectivity index (χ2n) is 6.34. The Morgan fingerprint density at radius 1 is 1.00 bits per heavy atom. The quantitative estimate of drug-likeness (QED) is 0.443. The normalized spacial score (nSPS) is 14.6. The van der Waals surface area contributed by atoms with Gasteiger partial charge in [-0.15, -0.1) is 22.7 Å². The van der Waals surface area contributed by atoms with Gasteiger partial charge in [-0.25, -0.2) is 0 Å². The Morgan fingerprint density at radius 3 is 2.33 bits per heavy atom. The van der Waals surface area contributed by atoms with E-state index in [9.17, 15) is 5.11 Å². The molecule has 0 saturated carbocycles.